The van der Waals surface area contributed by atoms with E-state index in [-0.39, 0.29) is 6.04 Å². The molecule has 1 heterocycles. The maximum atomic E-state index is 9.83. The number of para-hydroxylation sites is 1. The average molecular weight is 248 g/mol. The number of nitrogens with zero attached hydrogens (tertiary/aromatic N) is 1. The van der Waals surface area contributed by atoms with E-state index in [1.165, 1.54) is 25.9 Å². The second-order valence-electron chi connectivity index (χ2n) is 5.36. The second-order valence-corrected chi connectivity index (χ2v) is 5.36. The number of nitrogens with one attached hydrogen (secondary N) is 1. The van der Waals surface area contributed by atoms with Gasteiger partial charge >= 0.3 is 0 Å². The van der Waals surface area contributed by atoms with E-state index in [4.69, 9.17) is 0 Å². The molecule has 0 radical (unpaired) electrons. The zero-order valence-corrected chi connectivity index (χ0v) is 11.4. The third-order valence-electron chi connectivity index (χ3n) is 3.67. The number of phenolic OH excluding ortho intramolecular Hbond substituents is 1. The summed E-state index contributed by atoms with van der Waals surface area (Å²) in [6.07, 6.45) is 2.67. The Morgan fingerprint density at radius 3 is 2.56 bits per heavy atom. The molecule has 100 valence electrons. The predicted molar refractivity (Wildman–Crippen MR) is 74.8 cm³/mol. The van der Waals surface area contributed by atoms with Crippen LogP contribution in [0.2, 0.25) is 0 Å². The van der Waals surface area contributed by atoms with E-state index in [9.17, 15) is 5.11 Å². The Balaban J connectivity index is 1.86. The number of phenols is 1. The number of hydrogen-bond donors (Lipinski definition) is 2. The van der Waals surface area contributed by atoms with E-state index in [2.05, 4.69) is 24.1 Å². The summed E-state index contributed by atoms with van der Waals surface area (Å²) in [6, 6.07) is 8.19. The average Bonchev–Trinajstić information content (AvgIpc) is 2.82. The molecule has 1 aliphatic rings. The van der Waals surface area contributed by atoms with Crippen molar-refractivity contribution in [2.24, 2.45) is 0 Å². The minimum Gasteiger partial charge on any atom is -0.508 e. The van der Waals surface area contributed by atoms with E-state index in [0.717, 1.165) is 12.1 Å². The van der Waals surface area contributed by atoms with E-state index in [1.807, 2.05) is 18.2 Å². The summed E-state index contributed by atoms with van der Waals surface area (Å²) in [6.45, 7) is 7.89. The van der Waals surface area contributed by atoms with Gasteiger partial charge in [-0.05, 0) is 45.8 Å². The van der Waals surface area contributed by atoms with Gasteiger partial charge in [-0.25, -0.2) is 0 Å². The van der Waals surface area contributed by atoms with E-state index in [0.29, 0.717) is 11.8 Å². The Hall–Kier alpha value is -1.06. The van der Waals surface area contributed by atoms with Crippen molar-refractivity contribution >= 4 is 0 Å². The van der Waals surface area contributed by atoms with Crippen molar-refractivity contribution < 1.29 is 5.11 Å². The zero-order chi connectivity index (χ0) is 13.0. The van der Waals surface area contributed by atoms with Gasteiger partial charge in [-0.3, -0.25) is 0 Å². The van der Waals surface area contributed by atoms with Crippen LogP contribution in [0.3, 0.4) is 0 Å². The summed E-state index contributed by atoms with van der Waals surface area (Å²) in [7, 11) is 0. The van der Waals surface area contributed by atoms with E-state index >= 15 is 0 Å². The molecule has 0 saturated carbocycles. The predicted octanol–water partition coefficient (Wildman–Crippen LogP) is 2.53. The first-order valence-corrected chi connectivity index (χ1v) is 6.93. The quantitative estimate of drug-likeness (QED) is 0.840. The van der Waals surface area contributed by atoms with Crippen LogP contribution < -0.4 is 5.32 Å². The Kier molecular flexibility index (Phi) is 4.61. The zero-order valence-electron chi connectivity index (χ0n) is 11.4. The molecule has 1 aliphatic heterocycles. The first-order chi connectivity index (χ1) is 8.66. The fraction of sp³-hybridized carbons (Fsp3) is 0.600. The molecule has 2 atom stereocenters. The van der Waals surface area contributed by atoms with Gasteiger partial charge in [0.05, 0.1) is 0 Å². The molecule has 1 aromatic rings. The maximum Gasteiger partial charge on any atom is 0.120 e. The van der Waals surface area contributed by atoms with Crippen LogP contribution in [0.4, 0.5) is 0 Å². The summed E-state index contributed by atoms with van der Waals surface area (Å²) in [5, 5.41) is 13.4. The Labute approximate surface area is 110 Å². The molecular weight excluding hydrogens is 224 g/mol. The molecule has 3 nitrogen and oxygen atoms in total. The molecule has 0 aromatic heterocycles. The number of rotatable bonds is 5. The van der Waals surface area contributed by atoms with Crippen molar-refractivity contribution in [3.8, 4) is 5.75 Å². The van der Waals surface area contributed by atoms with Crippen LogP contribution in [0, 0.1) is 0 Å². The molecule has 0 amide bonds. The van der Waals surface area contributed by atoms with Gasteiger partial charge < -0.3 is 15.3 Å². The van der Waals surface area contributed by atoms with Crippen molar-refractivity contribution in [2.45, 2.75) is 38.8 Å². The number of benzene rings is 1. The van der Waals surface area contributed by atoms with Crippen molar-refractivity contribution in [3.63, 3.8) is 0 Å². The minimum atomic E-state index is 0.184. The minimum absolute atomic E-state index is 0.184. The standard InChI is InChI=1S/C15H24N2O/c1-12(11-17-9-5-6-10-17)16-13(2)14-7-3-4-8-15(14)18/h3-4,7-8,12-13,16,18H,5-6,9-11H2,1-2H3. The third kappa shape index (κ3) is 3.47. The molecule has 1 fully saturated rings. The van der Waals surface area contributed by atoms with Gasteiger partial charge in [0.2, 0.25) is 0 Å². The van der Waals surface area contributed by atoms with Crippen molar-refractivity contribution in [1.82, 2.24) is 10.2 Å². The first kappa shape index (κ1) is 13.4. The maximum absolute atomic E-state index is 9.83. The lowest BCUT2D eigenvalue weighted by atomic mass is 10.1. The summed E-state index contributed by atoms with van der Waals surface area (Å²) in [4.78, 5) is 2.51. The third-order valence-corrected chi connectivity index (χ3v) is 3.67. The van der Waals surface area contributed by atoms with Gasteiger partial charge in [0, 0.05) is 24.2 Å². The van der Waals surface area contributed by atoms with Crippen LogP contribution in [0.15, 0.2) is 24.3 Å². The molecule has 18 heavy (non-hydrogen) atoms. The highest BCUT2D eigenvalue weighted by atomic mass is 16.3. The fourth-order valence-electron chi connectivity index (χ4n) is 2.78. The smallest absolute Gasteiger partial charge is 0.120 e. The molecule has 2 unspecified atom stereocenters. The molecule has 0 aliphatic carbocycles. The van der Waals surface area contributed by atoms with E-state index in [1.54, 1.807) is 6.07 Å². The van der Waals surface area contributed by atoms with Gasteiger partial charge in [-0.15, -0.1) is 0 Å². The van der Waals surface area contributed by atoms with Crippen LogP contribution in [0.5, 0.6) is 5.75 Å². The van der Waals surface area contributed by atoms with Crippen LogP contribution in [0.25, 0.3) is 0 Å². The number of hydrogen-bond acceptors (Lipinski definition) is 3. The van der Waals surface area contributed by atoms with Crippen LogP contribution in [-0.2, 0) is 0 Å². The monoisotopic (exact) mass is 248 g/mol. The van der Waals surface area contributed by atoms with Crippen LogP contribution in [-0.4, -0.2) is 35.7 Å². The highest BCUT2D eigenvalue weighted by Gasteiger charge is 2.17. The first-order valence-electron chi connectivity index (χ1n) is 6.93. The topological polar surface area (TPSA) is 35.5 Å². The van der Waals surface area contributed by atoms with Crippen molar-refractivity contribution in [3.05, 3.63) is 29.8 Å². The van der Waals surface area contributed by atoms with Gasteiger partial charge in [-0.2, -0.15) is 0 Å². The number of aromatic hydroxyl groups is 1. The molecule has 0 bridgehead atoms. The molecule has 1 aromatic carbocycles. The van der Waals surface area contributed by atoms with E-state index < -0.39 is 0 Å². The molecule has 0 spiro atoms. The highest BCUT2D eigenvalue weighted by Crippen LogP contribution is 2.23. The lowest BCUT2D eigenvalue weighted by Gasteiger charge is -2.25. The normalized spacial score (nSPS) is 19.9. The lowest BCUT2D eigenvalue weighted by molar-refractivity contribution is 0.288. The summed E-state index contributed by atoms with van der Waals surface area (Å²) >= 11 is 0. The molecule has 2 rings (SSSR count). The van der Waals surface area contributed by atoms with Gasteiger partial charge in [0.15, 0.2) is 0 Å². The lowest BCUT2D eigenvalue weighted by Crippen LogP contribution is -2.39. The number of likely N-dealkylation sites (tertiary alicyclic amines) is 1. The Morgan fingerprint density at radius 2 is 1.89 bits per heavy atom. The summed E-state index contributed by atoms with van der Waals surface area (Å²) in [5.41, 5.74) is 0.978. The Morgan fingerprint density at radius 1 is 1.22 bits per heavy atom. The van der Waals surface area contributed by atoms with Crippen LogP contribution >= 0.6 is 0 Å². The van der Waals surface area contributed by atoms with Crippen LogP contribution in [0.1, 0.15) is 38.3 Å². The molecule has 1 saturated heterocycles. The fourth-order valence-corrected chi connectivity index (χ4v) is 2.78. The van der Waals surface area contributed by atoms with Crippen molar-refractivity contribution in [2.75, 3.05) is 19.6 Å². The van der Waals surface area contributed by atoms with Gasteiger partial charge in [0.25, 0.3) is 0 Å². The van der Waals surface area contributed by atoms with Crippen molar-refractivity contribution in [1.29, 1.82) is 0 Å². The molecule has 2 N–H and O–H groups in total. The molecular formula is C15H24N2O. The summed E-state index contributed by atoms with van der Waals surface area (Å²) in [5.74, 6) is 0.380. The summed E-state index contributed by atoms with van der Waals surface area (Å²) < 4.78 is 0. The molecule has 3 heteroatoms. The highest BCUT2D eigenvalue weighted by molar-refractivity contribution is 5.34. The SMILES string of the molecule is CC(CN1CCCC1)NC(C)c1ccccc1O. The second kappa shape index (κ2) is 6.21. The Bertz CT molecular complexity index is 375. The largest absolute Gasteiger partial charge is 0.508 e. The van der Waals surface area contributed by atoms with Gasteiger partial charge in [0.1, 0.15) is 5.75 Å². The van der Waals surface area contributed by atoms with Gasteiger partial charge in [-0.1, -0.05) is 18.2 Å².